The zero-order chi connectivity index (χ0) is 14.7. The van der Waals surface area contributed by atoms with Crippen LogP contribution >= 0.6 is 0 Å². The summed E-state index contributed by atoms with van der Waals surface area (Å²) in [7, 11) is 0. The van der Waals surface area contributed by atoms with E-state index in [1.54, 1.807) is 30.3 Å². The molecule has 2 aromatic rings. The zero-order valence-electron chi connectivity index (χ0n) is 11.7. The number of hydrogen-bond acceptors (Lipinski definition) is 3. The number of benzene rings is 2. The molecule has 4 heteroatoms. The third kappa shape index (κ3) is 3.95. The second-order valence-electron chi connectivity index (χ2n) is 5.38. The number of halogens is 1. The van der Waals surface area contributed by atoms with Crippen molar-refractivity contribution in [2.24, 2.45) is 0 Å². The molecule has 0 radical (unpaired) electrons. The van der Waals surface area contributed by atoms with Gasteiger partial charge in [-0.1, -0.05) is 18.2 Å². The van der Waals surface area contributed by atoms with E-state index in [9.17, 15) is 9.50 Å². The van der Waals surface area contributed by atoms with Crippen LogP contribution in [0, 0.1) is 5.82 Å². The van der Waals surface area contributed by atoms with Crippen molar-refractivity contribution in [2.75, 3.05) is 0 Å². The summed E-state index contributed by atoms with van der Waals surface area (Å²) in [6.07, 6.45) is 2.44. The fourth-order valence-corrected chi connectivity index (χ4v) is 2.07. The summed E-state index contributed by atoms with van der Waals surface area (Å²) in [4.78, 5) is 0. The third-order valence-electron chi connectivity index (χ3n) is 3.50. The Kier molecular flexibility index (Phi) is 4.06. The molecule has 1 saturated carbocycles. The van der Waals surface area contributed by atoms with E-state index in [-0.39, 0.29) is 23.9 Å². The third-order valence-corrected chi connectivity index (χ3v) is 3.50. The summed E-state index contributed by atoms with van der Waals surface area (Å²) < 4.78 is 19.4. The SMILES string of the molecule is Oc1ccc(COc2ccc(CNC3CC3)cc2F)cc1. The summed E-state index contributed by atoms with van der Waals surface area (Å²) in [5.41, 5.74) is 1.81. The summed E-state index contributed by atoms with van der Waals surface area (Å²) in [5.74, 6) is 0.111. The highest BCUT2D eigenvalue weighted by molar-refractivity contribution is 5.30. The van der Waals surface area contributed by atoms with Gasteiger partial charge in [-0.3, -0.25) is 0 Å². The van der Waals surface area contributed by atoms with Gasteiger partial charge in [-0.2, -0.15) is 0 Å². The first-order chi connectivity index (χ1) is 10.2. The van der Waals surface area contributed by atoms with Gasteiger partial charge < -0.3 is 15.2 Å². The topological polar surface area (TPSA) is 41.5 Å². The molecule has 0 aromatic heterocycles. The first kappa shape index (κ1) is 13.9. The lowest BCUT2D eigenvalue weighted by Crippen LogP contribution is -2.15. The van der Waals surface area contributed by atoms with E-state index in [2.05, 4.69) is 5.32 Å². The highest BCUT2D eigenvalue weighted by Crippen LogP contribution is 2.22. The van der Waals surface area contributed by atoms with Gasteiger partial charge in [-0.25, -0.2) is 4.39 Å². The van der Waals surface area contributed by atoms with Crippen LogP contribution in [0.25, 0.3) is 0 Å². The molecular weight excluding hydrogens is 269 g/mol. The lowest BCUT2D eigenvalue weighted by atomic mass is 10.2. The van der Waals surface area contributed by atoms with Crippen LogP contribution in [0.3, 0.4) is 0 Å². The molecule has 0 atom stereocenters. The van der Waals surface area contributed by atoms with E-state index >= 15 is 0 Å². The fourth-order valence-electron chi connectivity index (χ4n) is 2.07. The normalized spacial score (nSPS) is 14.1. The number of nitrogens with one attached hydrogen (secondary N) is 1. The van der Waals surface area contributed by atoms with Gasteiger partial charge in [-0.15, -0.1) is 0 Å². The lowest BCUT2D eigenvalue weighted by Gasteiger charge is -2.09. The highest BCUT2D eigenvalue weighted by atomic mass is 19.1. The van der Waals surface area contributed by atoms with Gasteiger partial charge in [0.2, 0.25) is 0 Å². The molecule has 0 heterocycles. The Balaban J connectivity index is 1.58. The average Bonchev–Trinajstić information content (AvgIpc) is 3.30. The first-order valence-electron chi connectivity index (χ1n) is 7.13. The van der Waals surface area contributed by atoms with Crippen LogP contribution in [0.5, 0.6) is 11.5 Å². The fraction of sp³-hybridized carbons (Fsp3) is 0.294. The molecule has 3 nitrogen and oxygen atoms in total. The van der Waals surface area contributed by atoms with Gasteiger partial charge >= 0.3 is 0 Å². The van der Waals surface area contributed by atoms with Crippen LogP contribution < -0.4 is 10.1 Å². The van der Waals surface area contributed by atoms with Gasteiger partial charge in [0, 0.05) is 12.6 Å². The van der Waals surface area contributed by atoms with Crippen molar-refractivity contribution in [3.8, 4) is 11.5 Å². The van der Waals surface area contributed by atoms with Crippen LogP contribution in [0.4, 0.5) is 4.39 Å². The molecule has 0 aliphatic heterocycles. The Bertz CT molecular complexity index is 609. The van der Waals surface area contributed by atoms with Gasteiger partial charge in [0.05, 0.1) is 0 Å². The molecule has 0 unspecified atom stereocenters. The number of ether oxygens (including phenoxy) is 1. The minimum absolute atomic E-state index is 0.206. The number of hydrogen-bond donors (Lipinski definition) is 2. The number of phenols is 1. The molecule has 110 valence electrons. The molecular formula is C17H18FNO2. The summed E-state index contributed by atoms with van der Waals surface area (Å²) in [5, 5.41) is 12.6. The maximum Gasteiger partial charge on any atom is 0.165 e. The summed E-state index contributed by atoms with van der Waals surface area (Å²) in [6, 6.07) is 12.3. The lowest BCUT2D eigenvalue weighted by molar-refractivity contribution is 0.290. The van der Waals surface area contributed by atoms with Crippen molar-refractivity contribution in [3.63, 3.8) is 0 Å². The molecule has 0 bridgehead atoms. The average molecular weight is 287 g/mol. The van der Waals surface area contributed by atoms with E-state index in [4.69, 9.17) is 4.74 Å². The van der Waals surface area contributed by atoms with Crippen molar-refractivity contribution in [1.29, 1.82) is 0 Å². The molecule has 1 aliphatic rings. The molecule has 3 rings (SSSR count). The molecule has 0 spiro atoms. The molecule has 0 amide bonds. The molecule has 2 N–H and O–H groups in total. The van der Waals surface area contributed by atoms with Gasteiger partial charge in [0.25, 0.3) is 0 Å². The minimum Gasteiger partial charge on any atom is -0.508 e. The van der Waals surface area contributed by atoms with E-state index in [1.165, 1.54) is 18.9 Å². The predicted molar refractivity (Wildman–Crippen MR) is 78.7 cm³/mol. The van der Waals surface area contributed by atoms with Crippen molar-refractivity contribution in [1.82, 2.24) is 5.32 Å². The largest absolute Gasteiger partial charge is 0.508 e. The van der Waals surface area contributed by atoms with Crippen LogP contribution in [-0.2, 0) is 13.2 Å². The van der Waals surface area contributed by atoms with Gasteiger partial charge in [0.15, 0.2) is 11.6 Å². The first-order valence-corrected chi connectivity index (χ1v) is 7.13. The van der Waals surface area contributed by atoms with Crippen LogP contribution in [0.2, 0.25) is 0 Å². The number of aromatic hydroxyl groups is 1. The van der Waals surface area contributed by atoms with Crippen LogP contribution in [-0.4, -0.2) is 11.1 Å². The second kappa shape index (κ2) is 6.14. The molecule has 0 saturated heterocycles. The Morgan fingerprint density at radius 3 is 2.48 bits per heavy atom. The molecule has 2 aromatic carbocycles. The maximum atomic E-state index is 14.0. The monoisotopic (exact) mass is 287 g/mol. The van der Waals surface area contributed by atoms with Gasteiger partial charge in [-0.05, 0) is 48.2 Å². The number of phenolic OH excluding ortho intramolecular Hbond substituents is 1. The van der Waals surface area contributed by atoms with Crippen LogP contribution in [0.15, 0.2) is 42.5 Å². The van der Waals surface area contributed by atoms with Crippen molar-refractivity contribution in [3.05, 3.63) is 59.4 Å². The zero-order valence-corrected chi connectivity index (χ0v) is 11.7. The maximum absolute atomic E-state index is 14.0. The second-order valence-corrected chi connectivity index (χ2v) is 5.38. The predicted octanol–water partition coefficient (Wildman–Crippen LogP) is 3.36. The molecule has 21 heavy (non-hydrogen) atoms. The van der Waals surface area contributed by atoms with E-state index < -0.39 is 0 Å². The van der Waals surface area contributed by atoms with Crippen molar-refractivity contribution < 1.29 is 14.2 Å². The number of rotatable bonds is 6. The standard InChI is InChI=1S/C17H18FNO2/c18-16-9-13(10-19-14-4-5-14)3-8-17(16)21-11-12-1-6-15(20)7-2-12/h1-3,6-9,14,19-20H,4-5,10-11H2. The molecule has 1 aliphatic carbocycles. The Morgan fingerprint density at radius 1 is 1.10 bits per heavy atom. The van der Waals surface area contributed by atoms with Gasteiger partial charge in [0.1, 0.15) is 12.4 Å². The molecule has 1 fully saturated rings. The minimum atomic E-state index is -0.344. The summed E-state index contributed by atoms with van der Waals surface area (Å²) in [6.45, 7) is 0.969. The van der Waals surface area contributed by atoms with Crippen molar-refractivity contribution >= 4 is 0 Å². The Hall–Kier alpha value is -2.07. The van der Waals surface area contributed by atoms with E-state index in [1.807, 2.05) is 6.07 Å². The van der Waals surface area contributed by atoms with Crippen molar-refractivity contribution in [2.45, 2.75) is 32.0 Å². The highest BCUT2D eigenvalue weighted by Gasteiger charge is 2.20. The smallest absolute Gasteiger partial charge is 0.165 e. The Morgan fingerprint density at radius 2 is 1.81 bits per heavy atom. The van der Waals surface area contributed by atoms with E-state index in [0.717, 1.165) is 11.1 Å². The quantitative estimate of drug-likeness (QED) is 0.856. The van der Waals surface area contributed by atoms with Crippen LogP contribution in [0.1, 0.15) is 24.0 Å². The summed E-state index contributed by atoms with van der Waals surface area (Å²) >= 11 is 0. The Labute approximate surface area is 123 Å². The van der Waals surface area contributed by atoms with E-state index in [0.29, 0.717) is 12.6 Å².